The van der Waals surface area contributed by atoms with Crippen LogP contribution < -0.4 is 10.6 Å². The Morgan fingerprint density at radius 1 is 1.19 bits per heavy atom. The zero-order chi connectivity index (χ0) is 16.2. The van der Waals surface area contributed by atoms with E-state index in [2.05, 4.69) is 10.6 Å². The average Bonchev–Trinajstić information content (AvgIpc) is 2.31. The lowest BCUT2D eigenvalue weighted by Crippen LogP contribution is -2.43. The van der Waals surface area contributed by atoms with Crippen LogP contribution in [-0.4, -0.2) is 23.6 Å². The molecule has 1 aromatic carbocycles. The van der Waals surface area contributed by atoms with Crippen molar-refractivity contribution in [3.63, 3.8) is 0 Å². The molecule has 0 aliphatic heterocycles. The number of amides is 2. The van der Waals surface area contributed by atoms with Crippen LogP contribution in [-0.2, 0) is 9.53 Å². The fourth-order valence-corrected chi connectivity index (χ4v) is 1.67. The van der Waals surface area contributed by atoms with E-state index in [9.17, 15) is 9.59 Å². The van der Waals surface area contributed by atoms with Gasteiger partial charge in [0.05, 0.1) is 10.0 Å². The maximum Gasteiger partial charge on any atom is 0.408 e. The first-order valence-corrected chi connectivity index (χ1v) is 7.09. The Bertz CT molecular complexity index is 542. The third-order valence-corrected chi connectivity index (χ3v) is 3.05. The van der Waals surface area contributed by atoms with E-state index in [4.69, 9.17) is 27.9 Å². The largest absolute Gasteiger partial charge is 0.444 e. The molecule has 0 spiro atoms. The maximum absolute atomic E-state index is 12.0. The number of hydrogen-bond acceptors (Lipinski definition) is 3. The Morgan fingerprint density at radius 3 is 2.33 bits per heavy atom. The van der Waals surface area contributed by atoms with Gasteiger partial charge in [0.15, 0.2) is 0 Å². The van der Waals surface area contributed by atoms with Gasteiger partial charge in [0, 0.05) is 5.69 Å². The molecule has 2 N–H and O–H groups in total. The summed E-state index contributed by atoms with van der Waals surface area (Å²) < 4.78 is 5.07. The van der Waals surface area contributed by atoms with Crippen molar-refractivity contribution in [2.24, 2.45) is 0 Å². The molecule has 7 heteroatoms. The molecule has 0 heterocycles. The van der Waals surface area contributed by atoms with Crippen molar-refractivity contribution < 1.29 is 14.3 Å². The SMILES string of the molecule is C[C@@H](NC(=O)OC(C)(C)C)C(=O)Nc1ccc(Cl)c(Cl)c1. The molecule has 5 nitrogen and oxygen atoms in total. The summed E-state index contributed by atoms with van der Waals surface area (Å²) in [6.07, 6.45) is -0.653. The number of hydrogen-bond donors (Lipinski definition) is 2. The van der Waals surface area contributed by atoms with Gasteiger partial charge in [-0.3, -0.25) is 4.79 Å². The number of carbonyl (C=O) groups is 2. The topological polar surface area (TPSA) is 67.4 Å². The number of halogens is 2. The Hall–Kier alpha value is -1.46. The lowest BCUT2D eigenvalue weighted by molar-refractivity contribution is -0.117. The Kier molecular flexibility index (Phi) is 5.87. The molecule has 0 aromatic heterocycles. The van der Waals surface area contributed by atoms with E-state index in [0.717, 1.165) is 0 Å². The van der Waals surface area contributed by atoms with Crippen LogP contribution in [0.15, 0.2) is 18.2 Å². The third kappa shape index (κ3) is 6.23. The van der Waals surface area contributed by atoms with E-state index < -0.39 is 17.7 Å². The summed E-state index contributed by atoms with van der Waals surface area (Å²) in [5.41, 5.74) is -0.128. The average molecular weight is 333 g/mol. The highest BCUT2D eigenvalue weighted by Gasteiger charge is 2.21. The van der Waals surface area contributed by atoms with Gasteiger partial charge in [-0.05, 0) is 45.9 Å². The molecule has 0 radical (unpaired) electrons. The molecule has 1 rings (SSSR count). The molecule has 0 saturated carbocycles. The van der Waals surface area contributed by atoms with Crippen LogP contribution in [0.5, 0.6) is 0 Å². The van der Waals surface area contributed by atoms with E-state index in [1.807, 2.05) is 0 Å². The van der Waals surface area contributed by atoms with E-state index in [1.165, 1.54) is 6.07 Å². The van der Waals surface area contributed by atoms with Crippen molar-refractivity contribution >= 4 is 40.9 Å². The molecule has 21 heavy (non-hydrogen) atoms. The molecule has 1 atom stereocenters. The summed E-state index contributed by atoms with van der Waals surface area (Å²) in [5, 5.41) is 5.81. The Balaban J connectivity index is 2.58. The summed E-state index contributed by atoms with van der Waals surface area (Å²) in [7, 11) is 0. The predicted molar refractivity (Wildman–Crippen MR) is 83.9 cm³/mol. The molecule has 2 amide bonds. The Labute approximate surface area is 133 Å². The number of ether oxygens (including phenoxy) is 1. The summed E-state index contributed by atoms with van der Waals surface area (Å²) in [6, 6.07) is 3.97. The van der Waals surface area contributed by atoms with Gasteiger partial charge in [0.2, 0.25) is 5.91 Å². The number of benzene rings is 1. The zero-order valence-corrected chi connectivity index (χ0v) is 13.8. The van der Waals surface area contributed by atoms with Gasteiger partial charge in [-0.25, -0.2) is 4.79 Å². The molecule has 0 saturated heterocycles. The van der Waals surface area contributed by atoms with Crippen molar-refractivity contribution in [1.29, 1.82) is 0 Å². The number of nitrogens with one attached hydrogen (secondary N) is 2. The van der Waals surface area contributed by atoms with E-state index in [-0.39, 0.29) is 5.91 Å². The van der Waals surface area contributed by atoms with Crippen molar-refractivity contribution in [3.8, 4) is 0 Å². The highest BCUT2D eigenvalue weighted by atomic mass is 35.5. The van der Waals surface area contributed by atoms with Crippen LogP contribution in [0.2, 0.25) is 10.0 Å². The maximum atomic E-state index is 12.0. The predicted octanol–water partition coefficient (Wildman–Crippen LogP) is 3.85. The molecular weight excluding hydrogens is 315 g/mol. The van der Waals surface area contributed by atoms with Crippen LogP contribution >= 0.6 is 23.2 Å². The molecule has 0 bridgehead atoms. The molecule has 1 aromatic rings. The molecular formula is C14H18Cl2N2O3. The first-order chi connectivity index (χ1) is 9.58. The lowest BCUT2D eigenvalue weighted by atomic mass is 10.2. The first kappa shape index (κ1) is 17.6. The first-order valence-electron chi connectivity index (χ1n) is 6.34. The minimum Gasteiger partial charge on any atom is -0.444 e. The third-order valence-electron chi connectivity index (χ3n) is 2.31. The number of carbonyl (C=O) groups excluding carboxylic acids is 2. The summed E-state index contributed by atoms with van der Waals surface area (Å²) in [5.74, 6) is -0.390. The number of rotatable bonds is 3. The molecule has 0 aliphatic rings. The normalized spacial score (nSPS) is 12.5. The van der Waals surface area contributed by atoms with Gasteiger partial charge in [0.25, 0.3) is 0 Å². The zero-order valence-electron chi connectivity index (χ0n) is 12.3. The molecule has 0 unspecified atom stereocenters. The Morgan fingerprint density at radius 2 is 1.81 bits per heavy atom. The minimum absolute atomic E-state index is 0.335. The van der Waals surface area contributed by atoms with Gasteiger partial charge >= 0.3 is 6.09 Å². The second-order valence-electron chi connectivity index (χ2n) is 5.49. The van der Waals surface area contributed by atoms with Crippen LogP contribution in [0, 0.1) is 0 Å². The van der Waals surface area contributed by atoms with Crippen molar-refractivity contribution in [3.05, 3.63) is 28.2 Å². The minimum atomic E-state index is -0.755. The monoisotopic (exact) mass is 332 g/mol. The van der Waals surface area contributed by atoms with Crippen molar-refractivity contribution in [2.45, 2.75) is 39.3 Å². The van der Waals surface area contributed by atoms with Crippen LogP contribution in [0.4, 0.5) is 10.5 Å². The summed E-state index contributed by atoms with van der Waals surface area (Å²) in [6.45, 7) is 6.78. The van der Waals surface area contributed by atoms with E-state index >= 15 is 0 Å². The summed E-state index contributed by atoms with van der Waals surface area (Å²) >= 11 is 11.7. The molecule has 116 valence electrons. The van der Waals surface area contributed by atoms with Gasteiger partial charge in [0.1, 0.15) is 11.6 Å². The number of anilines is 1. The van der Waals surface area contributed by atoms with Gasteiger partial charge in [-0.1, -0.05) is 23.2 Å². The van der Waals surface area contributed by atoms with E-state index in [0.29, 0.717) is 15.7 Å². The van der Waals surface area contributed by atoms with E-state index in [1.54, 1.807) is 39.8 Å². The second-order valence-corrected chi connectivity index (χ2v) is 6.30. The quantitative estimate of drug-likeness (QED) is 0.883. The van der Waals surface area contributed by atoms with Crippen molar-refractivity contribution in [2.75, 3.05) is 5.32 Å². The fourth-order valence-electron chi connectivity index (χ4n) is 1.37. The van der Waals surface area contributed by atoms with Gasteiger partial charge in [-0.15, -0.1) is 0 Å². The van der Waals surface area contributed by atoms with Crippen LogP contribution in [0.3, 0.4) is 0 Å². The van der Waals surface area contributed by atoms with Crippen LogP contribution in [0.25, 0.3) is 0 Å². The number of alkyl carbamates (subject to hydrolysis) is 1. The molecule has 0 aliphatic carbocycles. The fraction of sp³-hybridized carbons (Fsp3) is 0.429. The standard InChI is InChI=1S/C14H18Cl2N2O3/c1-8(17-13(20)21-14(2,3)4)12(19)18-9-5-6-10(15)11(16)7-9/h5-8H,1-4H3,(H,17,20)(H,18,19)/t8-/m1/s1. The second kappa shape index (κ2) is 7.00. The molecule has 0 fully saturated rings. The lowest BCUT2D eigenvalue weighted by Gasteiger charge is -2.21. The highest BCUT2D eigenvalue weighted by Crippen LogP contribution is 2.25. The smallest absolute Gasteiger partial charge is 0.408 e. The van der Waals surface area contributed by atoms with Gasteiger partial charge in [-0.2, -0.15) is 0 Å². The summed E-state index contributed by atoms with van der Waals surface area (Å²) in [4.78, 5) is 23.5. The van der Waals surface area contributed by atoms with Crippen LogP contribution in [0.1, 0.15) is 27.7 Å². The van der Waals surface area contributed by atoms with Gasteiger partial charge < -0.3 is 15.4 Å². The van der Waals surface area contributed by atoms with Crippen molar-refractivity contribution in [1.82, 2.24) is 5.32 Å². The highest BCUT2D eigenvalue weighted by molar-refractivity contribution is 6.42.